The van der Waals surface area contributed by atoms with E-state index in [-0.39, 0.29) is 11.9 Å². The van der Waals surface area contributed by atoms with Crippen LogP contribution in [-0.2, 0) is 4.79 Å². The van der Waals surface area contributed by atoms with E-state index in [2.05, 4.69) is 22.5 Å². The number of benzene rings is 1. The molecule has 21 heavy (non-hydrogen) atoms. The van der Waals surface area contributed by atoms with Crippen LogP contribution in [-0.4, -0.2) is 44.2 Å². The Bertz CT molecular complexity index is 543. The molecule has 0 unspecified atom stereocenters. The SMILES string of the molecule is C[C@H]1CN(c2ccc(N3CCC(=O)NC3=O)cc2)CCN1. The molecule has 2 heterocycles. The molecular formula is C15H20N4O2. The predicted octanol–water partition coefficient (Wildman–Crippen LogP) is 0.931. The maximum absolute atomic E-state index is 11.8. The van der Waals surface area contributed by atoms with Crippen molar-refractivity contribution in [1.29, 1.82) is 0 Å². The van der Waals surface area contributed by atoms with Gasteiger partial charge in [-0.25, -0.2) is 4.79 Å². The zero-order valence-corrected chi connectivity index (χ0v) is 12.1. The highest BCUT2D eigenvalue weighted by Gasteiger charge is 2.24. The molecule has 1 aromatic rings. The fraction of sp³-hybridized carbons (Fsp3) is 0.467. The number of hydrogen-bond acceptors (Lipinski definition) is 4. The first kappa shape index (κ1) is 13.9. The summed E-state index contributed by atoms with van der Waals surface area (Å²) in [6.45, 7) is 5.57. The number of piperazine rings is 1. The van der Waals surface area contributed by atoms with Crippen molar-refractivity contribution >= 4 is 23.3 Å². The van der Waals surface area contributed by atoms with Gasteiger partial charge in [-0.2, -0.15) is 0 Å². The summed E-state index contributed by atoms with van der Waals surface area (Å²) in [4.78, 5) is 26.9. The van der Waals surface area contributed by atoms with E-state index in [1.807, 2.05) is 24.3 Å². The van der Waals surface area contributed by atoms with E-state index >= 15 is 0 Å². The molecule has 6 heteroatoms. The lowest BCUT2D eigenvalue weighted by Crippen LogP contribution is -2.50. The summed E-state index contributed by atoms with van der Waals surface area (Å²) in [5.41, 5.74) is 1.99. The zero-order valence-electron chi connectivity index (χ0n) is 12.1. The number of urea groups is 1. The van der Waals surface area contributed by atoms with Gasteiger partial charge in [0.2, 0.25) is 5.91 Å². The number of carbonyl (C=O) groups excluding carboxylic acids is 2. The van der Waals surface area contributed by atoms with Crippen molar-refractivity contribution in [3.8, 4) is 0 Å². The number of imide groups is 1. The van der Waals surface area contributed by atoms with Gasteiger partial charge < -0.3 is 10.2 Å². The van der Waals surface area contributed by atoms with Crippen LogP contribution < -0.4 is 20.4 Å². The molecule has 0 bridgehead atoms. The van der Waals surface area contributed by atoms with Gasteiger partial charge in [0.05, 0.1) is 0 Å². The minimum absolute atomic E-state index is 0.206. The third-order valence-corrected chi connectivity index (χ3v) is 3.95. The second-order valence-electron chi connectivity index (χ2n) is 5.57. The van der Waals surface area contributed by atoms with Crippen LogP contribution in [0.25, 0.3) is 0 Å². The van der Waals surface area contributed by atoms with E-state index in [0.29, 0.717) is 19.0 Å². The highest BCUT2D eigenvalue weighted by Crippen LogP contribution is 2.23. The molecule has 2 saturated heterocycles. The average molecular weight is 288 g/mol. The van der Waals surface area contributed by atoms with E-state index in [1.54, 1.807) is 4.90 Å². The summed E-state index contributed by atoms with van der Waals surface area (Å²) in [6.07, 6.45) is 0.350. The third kappa shape index (κ3) is 3.00. The lowest BCUT2D eigenvalue weighted by Gasteiger charge is -2.34. The van der Waals surface area contributed by atoms with Gasteiger partial charge in [-0.1, -0.05) is 0 Å². The van der Waals surface area contributed by atoms with Crippen LogP contribution in [0.5, 0.6) is 0 Å². The summed E-state index contributed by atoms with van der Waals surface area (Å²) in [7, 11) is 0. The van der Waals surface area contributed by atoms with Gasteiger partial charge >= 0.3 is 6.03 Å². The minimum Gasteiger partial charge on any atom is -0.369 e. The molecule has 0 aromatic heterocycles. The van der Waals surface area contributed by atoms with Crippen LogP contribution in [0.4, 0.5) is 16.2 Å². The molecule has 0 radical (unpaired) electrons. The van der Waals surface area contributed by atoms with Gasteiger partial charge in [0, 0.05) is 50.0 Å². The molecule has 2 aliphatic rings. The molecule has 1 atom stereocenters. The normalized spacial score (nSPS) is 23.2. The quantitative estimate of drug-likeness (QED) is 0.850. The maximum Gasteiger partial charge on any atom is 0.328 e. The van der Waals surface area contributed by atoms with Crippen LogP contribution in [0, 0.1) is 0 Å². The standard InChI is InChI=1S/C15H20N4O2/c1-11-10-18(9-7-16-11)12-2-4-13(5-3-12)19-8-6-14(20)17-15(19)21/h2-5,11,16H,6-10H2,1H3,(H,17,20,21)/t11-/m0/s1. The molecule has 0 saturated carbocycles. The van der Waals surface area contributed by atoms with Crippen molar-refractivity contribution < 1.29 is 9.59 Å². The van der Waals surface area contributed by atoms with Crippen molar-refractivity contribution in [2.24, 2.45) is 0 Å². The predicted molar refractivity (Wildman–Crippen MR) is 81.6 cm³/mol. The Labute approximate surface area is 124 Å². The summed E-state index contributed by atoms with van der Waals surface area (Å²) >= 11 is 0. The Hall–Kier alpha value is -2.08. The van der Waals surface area contributed by atoms with Gasteiger partial charge in [-0.15, -0.1) is 0 Å². The van der Waals surface area contributed by atoms with Crippen LogP contribution in [0.1, 0.15) is 13.3 Å². The lowest BCUT2D eigenvalue weighted by molar-refractivity contribution is -0.120. The number of nitrogens with one attached hydrogen (secondary N) is 2. The van der Waals surface area contributed by atoms with Gasteiger partial charge in [0.25, 0.3) is 0 Å². The molecule has 6 nitrogen and oxygen atoms in total. The number of nitrogens with zero attached hydrogens (tertiary/aromatic N) is 2. The fourth-order valence-corrected chi connectivity index (χ4v) is 2.82. The second kappa shape index (κ2) is 5.73. The number of anilines is 2. The molecule has 1 aromatic carbocycles. The number of hydrogen-bond donors (Lipinski definition) is 2. The van der Waals surface area contributed by atoms with Gasteiger partial charge in [-0.3, -0.25) is 15.0 Å². The second-order valence-corrected chi connectivity index (χ2v) is 5.57. The topological polar surface area (TPSA) is 64.7 Å². The molecule has 0 aliphatic carbocycles. The number of carbonyl (C=O) groups is 2. The third-order valence-electron chi connectivity index (χ3n) is 3.95. The highest BCUT2D eigenvalue weighted by molar-refractivity contribution is 6.05. The van der Waals surface area contributed by atoms with Crippen molar-refractivity contribution in [2.75, 3.05) is 36.0 Å². The lowest BCUT2D eigenvalue weighted by atomic mass is 10.2. The van der Waals surface area contributed by atoms with Gasteiger partial charge in [0.15, 0.2) is 0 Å². The molecule has 2 aliphatic heterocycles. The van der Waals surface area contributed by atoms with E-state index in [0.717, 1.165) is 25.3 Å². The maximum atomic E-state index is 11.8. The Balaban J connectivity index is 1.72. The number of amides is 3. The summed E-state index contributed by atoms with van der Waals surface area (Å²) in [5, 5.41) is 5.76. The largest absolute Gasteiger partial charge is 0.369 e. The molecule has 3 amide bonds. The van der Waals surface area contributed by atoms with Crippen LogP contribution in [0.15, 0.2) is 24.3 Å². The van der Waals surface area contributed by atoms with E-state index in [1.165, 1.54) is 5.69 Å². The highest BCUT2D eigenvalue weighted by atomic mass is 16.2. The molecule has 2 fully saturated rings. The Morgan fingerprint density at radius 1 is 1.10 bits per heavy atom. The smallest absolute Gasteiger partial charge is 0.328 e. The van der Waals surface area contributed by atoms with E-state index < -0.39 is 0 Å². The van der Waals surface area contributed by atoms with Crippen LogP contribution >= 0.6 is 0 Å². The van der Waals surface area contributed by atoms with Gasteiger partial charge in [-0.05, 0) is 31.2 Å². The Morgan fingerprint density at radius 2 is 1.81 bits per heavy atom. The fourth-order valence-electron chi connectivity index (χ4n) is 2.82. The van der Waals surface area contributed by atoms with Crippen LogP contribution in [0.2, 0.25) is 0 Å². The van der Waals surface area contributed by atoms with E-state index in [4.69, 9.17) is 0 Å². The number of rotatable bonds is 2. The first-order valence-electron chi connectivity index (χ1n) is 7.33. The molecule has 112 valence electrons. The van der Waals surface area contributed by atoms with Crippen molar-refractivity contribution in [2.45, 2.75) is 19.4 Å². The Kier molecular flexibility index (Phi) is 3.79. The Morgan fingerprint density at radius 3 is 2.48 bits per heavy atom. The average Bonchev–Trinajstić information content (AvgIpc) is 2.47. The molecule has 0 spiro atoms. The van der Waals surface area contributed by atoms with Crippen molar-refractivity contribution in [3.05, 3.63) is 24.3 Å². The molecular weight excluding hydrogens is 268 g/mol. The molecule has 2 N–H and O–H groups in total. The first-order valence-corrected chi connectivity index (χ1v) is 7.33. The molecule has 3 rings (SSSR count). The zero-order chi connectivity index (χ0) is 14.8. The van der Waals surface area contributed by atoms with E-state index in [9.17, 15) is 9.59 Å². The van der Waals surface area contributed by atoms with Crippen LogP contribution in [0.3, 0.4) is 0 Å². The monoisotopic (exact) mass is 288 g/mol. The van der Waals surface area contributed by atoms with Crippen molar-refractivity contribution in [3.63, 3.8) is 0 Å². The van der Waals surface area contributed by atoms with Crippen molar-refractivity contribution in [1.82, 2.24) is 10.6 Å². The summed E-state index contributed by atoms with van der Waals surface area (Å²) < 4.78 is 0. The first-order chi connectivity index (χ1) is 10.1. The summed E-state index contributed by atoms with van der Waals surface area (Å²) in [5.74, 6) is -0.206. The summed E-state index contributed by atoms with van der Waals surface area (Å²) in [6, 6.07) is 8.11. The van der Waals surface area contributed by atoms with Gasteiger partial charge in [0.1, 0.15) is 0 Å². The minimum atomic E-state index is -0.338.